The summed E-state index contributed by atoms with van der Waals surface area (Å²) in [4.78, 5) is 0. The lowest BCUT2D eigenvalue weighted by Gasteiger charge is -2.37. The summed E-state index contributed by atoms with van der Waals surface area (Å²) in [6, 6.07) is 14.7. The van der Waals surface area contributed by atoms with Gasteiger partial charge in [0.2, 0.25) is 0 Å². The largest absolute Gasteiger partial charge is 0.497 e. The van der Waals surface area contributed by atoms with Gasteiger partial charge in [0.15, 0.2) is 6.10 Å². The third-order valence-electron chi connectivity index (χ3n) is 5.34. The number of furan rings is 1. The van der Waals surface area contributed by atoms with Crippen molar-refractivity contribution in [2.45, 2.75) is 30.8 Å². The van der Waals surface area contributed by atoms with Crippen molar-refractivity contribution in [2.75, 3.05) is 7.11 Å². The van der Waals surface area contributed by atoms with Crippen LogP contribution in [0.1, 0.15) is 28.4 Å². The summed E-state index contributed by atoms with van der Waals surface area (Å²) in [6.45, 7) is 0. The lowest BCUT2D eigenvalue weighted by Crippen LogP contribution is -2.47. The number of ether oxygens (including phenoxy) is 2. The molecule has 6 nitrogen and oxygen atoms in total. The highest BCUT2D eigenvalue weighted by Gasteiger charge is 2.42. The maximum Gasteiger partial charge on any atom is 0.152 e. The average Bonchev–Trinajstić information content (AvgIpc) is 3.29. The topological polar surface area (TPSA) is 92.3 Å². The highest BCUT2D eigenvalue weighted by molar-refractivity contribution is 6.31. The van der Waals surface area contributed by atoms with Crippen LogP contribution >= 0.6 is 11.6 Å². The zero-order chi connectivity index (χ0) is 22.0. The standard InChI is InChI=1S/C24H23ClO6/c1-29-18-5-2-14(3-6-18)10-17-12-16(4-7-19(17)25)24-23(28)22(27)21(26)20(31-24)11-15-8-9-30-13-15/h2-9,11-13,21-24,26-28H,10H2,1H3/b20-11-/t21-,22+,23-,24+/m1/s1. The predicted molar refractivity (Wildman–Crippen MR) is 116 cm³/mol. The molecular formula is C24H23ClO6. The molecule has 31 heavy (non-hydrogen) atoms. The van der Waals surface area contributed by atoms with Gasteiger partial charge in [-0.2, -0.15) is 0 Å². The molecule has 1 aromatic heterocycles. The van der Waals surface area contributed by atoms with E-state index in [1.165, 1.54) is 12.5 Å². The van der Waals surface area contributed by atoms with Crippen molar-refractivity contribution < 1.29 is 29.2 Å². The van der Waals surface area contributed by atoms with Crippen LogP contribution in [0.25, 0.3) is 6.08 Å². The predicted octanol–water partition coefficient (Wildman–Crippen LogP) is 3.73. The van der Waals surface area contributed by atoms with E-state index in [1.807, 2.05) is 30.3 Å². The van der Waals surface area contributed by atoms with E-state index in [0.717, 1.165) is 16.9 Å². The van der Waals surface area contributed by atoms with Gasteiger partial charge in [-0.15, -0.1) is 0 Å². The molecule has 1 saturated heterocycles. The van der Waals surface area contributed by atoms with Crippen LogP contribution in [0.2, 0.25) is 5.02 Å². The molecule has 0 aliphatic carbocycles. The molecule has 0 spiro atoms. The van der Waals surface area contributed by atoms with Crippen LogP contribution < -0.4 is 4.74 Å². The number of benzene rings is 2. The van der Waals surface area contributed by atoms with Gasteiger partial charge in [0.25, 0.3) is 0 Å². The van der Waals surface area contributed by atoms with E-state index in [4.69, 9.17) is 25.5 Å². The molecule has 4 atom stereocenters. The zero-order valence-corrected chi connectivity index (χ0v) is 17.6. The monoisotopic (exact) mass is 442 g/mol. The number of aliphatic hydroxyl groups excluding tert-OH is 3. The molecule has 0 amide bonds. The van der Waals surface area contributed by atoms with Gasteiger partial charge in [-0.3, -0.25) is 0 Å². The molecule has 1 aliphatic rings. The maximum absolute atomic E-state index is 10.6. The lowest BCUT2D eigenvalue weighted by molar-refractivity contribution is -0.156. The molecule has 0 bridgehead atoms. The molecule has 1 aliphatic heterocycles. The van der Waals surface area contributed by atoms with Gasteiger partial charge in [-0.25, -0.2) is 0 Å². The Morgan fingerprint density at radius 3 is 2.48 bits per heavy atom. The Morgan fingerprint density at radius 1 is 1.03 bits per heavy atom. The van der Waals surface area contributed by atoms with Crippen molar-refractivity contribution in [2.24, 2.45) is 0 Å². The summed E-state index contributed by atoms with van der Waals surface area (Å²) in [7, 11) is 1.62. The number of methoxy groups -OCH3 is 1. The Hall–Kier alpha value is -2.77. The molecule has 0 unspecified atom stereocenters. The van der Waals surface area contributed by atoms with Gasteiger partial charge in [-0.05, 0) is 53.5 Å². The fraction of sp³-hybridized carbons (Fsp3) is 0.250. The van der Waals surface area contributed by atoms with Crippen molar-refractivity contribution in [1.82, 2.24) is 0 Å². The molecule has 0 radical (unpaired) electrons. The summed E-state index contributed by atoms with van der Waals surface area (Å²) in [5.74, 6) is 0.919. The van der Waals surface area contributed by atoms with E-state index >= 15 is 0 Å². The van der Waals surface area contributed by atoms with Crippen LogP contribution in [0.3, 0.4) is 0 Å². The molecule has 7 heteroatoms. The molecule has 2 aromatic carbocycles. The maximum atomic E-state index is 10.6. The highest BCUT2D eigenvalue weighted by atomic mass is 35.5. The van der Waals surface area contributed by atoms with Crippen molar-refractivity contribution in [3.05, 3.63) is 94.1 Å². The van der Waals surface area contributed by atoms with Gasteiger partial charge in [0.1, 0.15) is 29.8 Å². The van der Waals surface area contributed by atoms with Crippen LogP contribution in [-0.4, -0.2) is 40.7 Å². The Balaban J connectivity index is 1.62. The SMILES string of the molecule is COc1ccc(Cc2cc([C@@H]3O/C(=C\c4ccoc4)[C@@H](O)[C@H](O)[C@H]3O)ccc2Cl)cc1. The molecular weight excluding hydrogens is 420 g/mol. The van der Waals surface area contributed by atoms with Crippen molar-refractivity contribution >= 4 is 17.7 Å². The first kappa shape index (κ1) is 21.5. The summed E-state index contributed by atoms with van der Waals surface area (Å²) < 4.78 is 16.1. The molecule has 1 fully saturated rings. The van der Waals surface area contributed by atoms with Gasteiger partial charge in [-0.1, -0.05) is 35.9 Å². The first-order chi connectivity index (χ1) is 15.0. The number of hydrogen-bond donors (Lipinski definition) is 3. The summed E-state index contributed by atoms with van der Waals surface area (Å²) in [5.41, 5.74) is 3.21. The first-order valence-electron chi connectivity index (χ1n) is 9.82. The second-order valence-corrected chi connectivity index (χ2v) is 7.85. The number of halogens is 1. The quantitative estimate of drug-likeness (QED) is 0.557. The van der Waals surface area contributed by atoms with Gasteiger partial charge >= 0.3 is 0 Å². The minimum absolute atomic E-state index is 0.149. The summed E-state index contributed by atoms with van der Waals surface area (Å²) in [6.07, 6.45) is 0.187. The van der Waals surface area contributed by atoms with Crippen LogP contribution in [0.4, 0.5) is 0 Å². The second-order valence-electron chi connectivity index (χ2n) is 7.44. The molecule has 3 N–H and O–H groups in total. The van der Waals surface area contributed by atoms with Crippen LogP contribution in [0.5, 0.6) is 5.75 Å². The third kappa shape index (κ3) is 4.62. The molecule has 3 aromatic rings. The Labute approximate surface area is 184 Å². The minimum atomic E-state index is -1.40. The summed E-state index contributed by atoms with van der Waals surface area (Å²) in [5, 5.41) is 31.9. The normalized spacial score (nSPS) is 24.7. The van der Waals surface area contributed by atoms with Crippen LogP contribution in [0, 0.1) is 0 Å². The number of rotatable bonds is 5. The Morgan fingerprint density at radius 2 is 1.81 bits per heavy atom. The highest BCUT2D eigenvalue weighted by Crippen LogP contribution is 2.36. The van der Waals surface area contributed by atoms with E-state index in [2.05, 4.69) is 0 Å². The van der Waals surface area contributed by atoms with Gasteiger partial charge in [0.05, 0.1) is 19.6 Å². The third-order valence-corrected chi connectivity index (χ3v) is 5.71. The van der Waals surface area contributed by atoms with Crippen LogP contribution in [0.15, 0.2) is 71.2 Å². The van der Waals surface area contributed by atoms with E-state index in [1.54, 1.807) is 31.4 Å². The average molecular weight is 443 g/mol. The van der Waals surface area contributed by atoms with Gasteiger partial charge < -0.3 is 29.2 Å². The van der Waals surface area contributed by atoms with E-state index in [9.17, 15) is 15.3 Å². The lowest BCUT2D eigenvalue weighted by atomic mass is 9.91. The molecule has 162 valence electrons. The van der Waals surface area contributed by atoms with Crippen molar-refractivity contribution in [1.29, 1.82) is 0 Å². The Bertz CT molecular complexity index is 1040. The van der Waals surface area contributed by atoms with E-state index in [-0.39, 0.29) is 5.76 Å². The number of hydrogen-bond acceptors (Lipinski definition) is 6. The van der Waals surface area contributed by atoms with Crippen molar-refractivity contribution in [3.63, 3.8) is 0 Å². The van der Waals surface area contributed by atoms with Gasteiger partial charge in [0, 0.05) is 10.6 Å². The first-order valence-corrected chi connectivity index (χ1v) is 10.2. The zero-order valence-electron chi connectivity index (χ0n) is 16.8. The van der Waals surface area contributed by atoms with E-state index in [0.29, 0.717) is 22.6 Å². The number of aliphatic hydroxyl groups is 3. The van der Waals surface area contributed by atoms with Crippen LogP contribution in [-0.2, 0) is 11.2 Å². The minimum Gasteiger partial charge on any atom is -0.497 e. The van der Waals surface area contributed by atoms with Crippen molar-refractivity contribution in [3.8, 4) is 5.75 Å². The molecule has 0 saturated carbocycles. The summed E-state index contributed by atoms with van der Waals surface area (Å²) >= 11 is 6.42. The smallest absolute Gasteiger partial charge is 0.152 e. The molecule has 4 rings (SSSR count). The van der Waals surface area contributed by atoms with E-state index < -0.39 is 24.4 Å². The second kappa shape index (κ2) is 9.16. The fourth-order valence-corrected chi connectivity index (χ4v) is 3.78. The fourth-order valence-electron chi connectivity index (χ4n) is 3.60. The Kier molecular flexibility index (Phi) is 6.34. The molecule has 2 heterocycles.